The summed E-state index contributed by atoms with van der Waals surface area (Å²) in [4.78, 5) is -0.608. The smallest absolute Gasteiger partial charge is 0.218 e. The molecule has 7 heteroatoms. The molecular formula is C20H19Cl2NO3S. The SMILES string of the molecule is CCCCCOc1ccc(/C=C(\C#N)S(=O)(=O)c2cc(Cl)ccc2Cl)cc1. The van der Waals surface area contributed by atoms with Crippen LogP contribution in [-0.2, 0) is 9.84 Å². The first-order valence-corrected chi connectivity index (χ1v) is 10.7. The maximum absolute atomic E-state index is 12.8. The fourth-order valence-electron chi connectivity index (χ4n) is 2.33. The van der Waals surface area contributed by atoms with Gasteiger partial charge in [0.1, 0.15) is 16.7 Å². The summed E-state index contributed by atoms with van der Waals surface area (Å²) in [6.07, 6.45) is 4.51. The molecule has 2 aromatic rings. The molecule has 0 saturated heterocycles. The van der Waals surface area contributed by atoms with E-state index in [0.717, 1.165) is 19.3 Å². The van der Waals surface area contributed by atoms with Crippen molar-refractivity contribution in [3.8, 4) is 11.8 Å². The quantitative estimate of drug-likeness (QED) is 0.391. The van der Waals surface area contributed by atoms with Crippen LogP contribution in [0.5, 0.6) is 5.75 Å². The minimum Gasteiger partial charge on any atom is -0.494 e. The number of nitrogens with zero attached hydrogens (tertiary/aromatic N) is 1. The molecule has 2 aromatic carbocycles. The van der Waals surface area contributed by atoms with Crippen molar-refractivity contribution in [2.45, 2.75) is 31.1 Å². The zero-order chi connectivity index (χ0) is 19.9. The first kappa shape index (κ1) is 21.3. The summed E-state index contributed by atoms with van der Waals surface area (Å²) in [5.41, 5.74) is 0.564. The number of rotatable bonds is 8. The maximum Gasteiger partial charge on any atom is 0.218 e. The lowest BCUT2D eigenvalue weighted by Gasteiger charge is -2.07. The molecule has 0 radical (unpaired) electrons. The van der Waals surface area contributed by atoms with Crippen LogP contribution in [0.25, 0.3) is 6.08 Å². The third kappa shape index (κ3) is 5.74. The first-order chi connectivity index (χ1) is 12.9. The summed E-state index contributed by atoms with van der Waals surface area (Å²) in [5, 5.41) is 9.60. The summed E-state index contributed by atoms with van der Waals surface area (Å²) in [7, 11) is -4.08. The van der Waals surface area contributed by atoms with E-state index in [4.69, 9.17) is 27.9 Å². The maximum atomic E-state index is 12.8. The minimum atomic E-state index is -4.08. The van der Waals surface area contributed by atoms with E-state index in [-0.39, 0.29) is 14.9 Å². The number of hydrogen-bond acceptors (Lipinski definition) is 4. The van der Waals surface area contributed by atoms with E-state index in [1.54, 1.807) is 30.3 Å². The molecule has 0 fully saturated rings. The summed E-state index contributed by atoms with van der Waals surface area (Å²) in [6, 6.07) is 12.7. The van der Waals surface area contributed by atoms with Crippen molar-refractivity contribution in [2.24, 2.45) is 0 Å². The molecule has 4 nitrogen and oxygen atoms in total. The van der Waals surface area contributed by atoms with Gasteiger partial charge in [0.25, 0.3) is 0 Å². The van der Waals surface area contributed by atoms with Gasteiger partial charge in [-0.25, -0.2) is 8.42 Å². The van der Waals surface area contributed by atoms with Crippen LogP contribution in [0, 0.1) is 11.3 Å². The summed E-state index contributed by atoms with van der Waals surface area (Å²) < 4.78 is 31.1. The molecule has 0 bridgehead atoms. The Bertz CT molecular complexity index is 962. The zero-order valence-corrected chi connectivity index (χ0v) is 17.1. The monoisotopic (exact) mass is 423 g/mol. The van der Waals surface area contributed by atoms with Crippen molar-refractivity contribution in [1.29, 1.82) is 5.26 Å². The second kappa shape index (κ2) is 9.80. The highest BCUT2D eigenvalue weighted by Gasteiger charge is 2.24. The number of nitriles is 1. The largest absolute Gasteiger partial charge is 0.494 e. The average molecular weight is 424 g/mol. The van der Waals surface area contributed by atoms with Crippen molar-refractivity contribution in [1.82, 2.24) is 0 Å². The van der Waals surface area contributed by atoms with Gasteiger partial charge in [0, 0.05) is 5.02 Å². The number of ether oxygens (including phenoxy) is 1. The Morgan fingerprint density at radius 3 is 2.48 bits per heavy atom. The standard InChI is InChI=1S/C20H19Cl2NO3S/c1-2-3-4-11-26-17-8-5-15(6-9-17)12-18(14-23)27(24,25)20-13-16(21)7-10-19(20)22/h5-10,12-13H,2-4,11H2,1H3/b18-12+. The normalized spacial score (nSPS) is 11.9. The number of halogens is 2. The van der Waals surface area contributed by atoms with E-state index < -0.39 is 14.7 Å². The third-order valence-electron chi connectivity index (χ3n) is 3.78. The summed E-state index contributed by atoms with van der Waals surface area (Å²) in [6.45, 7) is 2.76. The highest BCUT2D eigenvalue weighted by atomic mass is 35.5. The van der Waals surface area contributed by atoms with Gasteiger partial charge in [-0.1, -0.05) is 55.1 Å². The van der Waals surface area contributed by atoms with Gasteiger partial charge < -0.3 is 4.74 Å². The molecular weight excluding hydrogens is 405 g/mol. The molecule has 0 heterocycles. The van der Waals surface area contributed by atoms with Crippen molar-refractivity contribution in [2.75, 3.05) is 6.61 Å². The van der Waals surface area contributed by atoms with Crippen molar-refractivity contribution in [3.05, 3.63) is 63.0 Å². The summed E-state index contributed by atoms with van der Waals surface area (Å²) in [5.74, 6) is 0.697. The number of unbranched alkanes of at least 4 members (excludes halogenated alkanes) is 2. The van der Waals surface area contributed by atoms with Crippen LogP contribution in [-0.4, -0.2) is 15.0 Å². The number of allylic oxidation sites excluding steroid dienone is 1. The second-order valence-electron chi connectivity index (χ2n) is 5.82. The van der Waals surface area contributed by atoms with Gasteiger partial charge in [0.05, 0.1) is 16.5 Å². The molecule has 0 atom stereocenters. The van der Waals surface area contributed by atoms with E-state index in [1.807, 2.05) is 0 Å². The van der Waals surface area contributed by atoms with Crippen molar-refractivity contribution >= 4 is 39.1 Å². The molecule has 0 aromatic heterocycles. The van der Waals surface area contributed by atoms with Crippen LogP contribution in [0.15, 0.2) is 52.3 Å². The highest BCUT2D eigenvalue weighted by molar-refractivity contribution is 7.95. The van der Waals surface area contributed by atoms with Crippen LogP contribution < -0.4 is 4.74 Å². The number of benzene rings is 2. The molecule has 0 saturated carbocycles. The second-order valence-corrected chi connectivity index (χ2v) is 8.55. The Morgan fingerprint density at radius 2 is 1.85 bits per heavy atom. The Hall–Kier alpha value is -2.00. The van der Waals surface area contributed by atoms with E-state index >= 15 is 0 Å². The average Bonchev–Trinajstić information content (AvgIpc) is 2.66. The third-order valence-corrected chi connectivity index (χ3v) is 6.16. The fourth-order valence-corrected chi connectivity index (χ4v) is 4.24. The summed E-state index contributed by atoms with van der Waals surface area (Å²) >= 11 is 11.9. The fraction of sp³-hybridized carbons (Fsp3) is 0.250. The Kier molecular flexibility index (Phi) is 7.73. The highest BCUT2D eigenvalue weighted by Crippen LogP contribution is 2.30. The number of sulfone groups is 1. The van der Waals surface area contributed by atoms with E-state index in [9.17, 15) is 13.7 Å². The van der Waals surface area contributed by atoms with E-state index in [2.05, 4.69) is 6.92 Å². The topological polar surface area (TPSA) is 67.2 Å². The van der Waals surface area contributed by atoms with Gasteiger partial charge in [-0.15, -0.1) is 0 Å². The van der Waals surface area contributed by atoms with Crippen LogP contribution >= 0.6 is 23.2 Å². The van der Waals surface area contributed by atoms with Gasteiger partial charge in [0.15, 0.2) is 0 Å². The Morgan fingerprint density at radius 1 is 1.15 bits per heavy atom. The predicted octanol–water partition coefficient (Wildman–Crippen LogP) is 5.90. The zero-order valence-electron chi connectivity index (χ0n) is 14.8. The predicted molar refractivity (Wildman–Crippen MR) is 109 cm³/mol. The molecule has 0 aliphatic carbocycles. The van der Waals surface area contributed by atoms with Crippen molar-refractivity contribution in [3.63, 3.8) is 0 Å². The molecule has 27 heavy (non-hydrogen) atoms. The number of hydrogen-bond donors (Lipinski definition) is 0. The lowest BCUT2D eigenvalue weighted by atomic mass is 10.2. The van der Waals surface area contributed by atoms with Crippen LogP contribution in [0.3, 0.4) is 0 Å². The molecule has 0 spiro atoms. The van der Waals surface area contributed by atoms with Crippen LogP contribution in [0.2, 0.25) is 10.0 Å². The van der Waals surface area contributed by atoms with Gasteiger partial charge >= 0.3 is 0 Å². The van der Waals surface area contributed by atoms with E-state index in [1.165, 1.54) is 24.3 Å². The molecule has 142 valence electrons. The molecule has 0 aliphatic rings. The molecule has 2 rings (SSSR count). The van der Waals surface area contributed by atoms with Crippen LogP contribution in [0.1, 0.15) is 31.7 Å². The Balaban J connectivity index is 2.25. The molecule has 0 amide bonds. The molecule has 0 unspecified atom stereocenters. The molecule has 0 aliphatic heterocycles. The minimum absolute atomic E-state index is 0.0105. The van der Waals surface area contributed by atoms with Gasteiger partial charge in [-0.3, -0.25) is 0 Å². The van der Waals surface area contributed by atoms with Gasteiger partial charge in [-0.2, -0.15) is 5.26 Å². The lowest BCUT2D eigenvalue weighted by Crippen LogP contribution is -2.04. The first-order valence-electron chi connectivity index (χ1n) is 8.43. The van der Waals surface area contributed by atoms with Gasteiger partial charge in [-0.05, 0) is 48.4 Å². The molecule has 0 N–H and O–H groups in total. The van der Waals surface area contributed by atoms with Crippen molar-refractivity contribution < 1.29 is 13.2 Å². The van der Waals surface area contributed by atoms with Crippen LogP contribution in [0.4, 0.5) is 0 Å². The Labute approximate surface area is 169 Å². The van der Waals surface area contributed by atoms with Gasteiger partial charge in [0.2, 0.25) is 9.84 Å². The lowest BCUT2D eigenvalue weighted by molar-refractivity contribution is 0.306. The van der Waals surface area contributed by atoms with E-state index in [0.29, 0.717) is 17.9 Å².